The Morgan fingerprint density at radius 2 is 2.15 bits per heavy atom. The van der Waals surface area contributed by atoms with E-state index in [1.807, 2.05) is 0 Å². The average molecular weight is 311 g/mol. The van der Waals surface area contributed by atoms with E-state index < -0.39 is 17.2 Å². The lowest BCUT2D eigenvalue weighted by atomic mass is 10.2. The van der Waals surface area contributed by atoms with Gasteiger partial charge in [-0.2, -0.15) is 13.2 Å². The second-order valence-electron chi connectivity index (χ2n) is 3.60. The first-order valence-electron chi connectivity index (χ1n) is 5.72. The van der Waals surface area contributed by atoms with Gasteiger partial charge in [0.05, 0.1) is 5.56 Å². The van der Waals surface area contributed by atoms with E-state index in [9.17, 15) is 22.4 Å². The number of thioether (sulfide) groups is 1. The summed E-state index contributed by atoms with van der Waals surface area (Å²) in [6, 6.07) is 1.17. The first-order valence-corrected chi connectivity index (χ1v) is 6.71. The van der Waals surface area contributed by atoms with E-state index in [2.05, 4.69) is 15.6 Å². The topological polar surface area (TPSA) is 54.0 Å². The number of hydrogen-bond acceptors (Lipinski definition) is 4. The number of carbonyl (C=O) groups is 1. The Bertz CT molecular complexity index is 467. The minimum Gasteiger partial charge on any atom is -0.368 e. The van der Waals surface area contributed by atoms with Crippen molar-refractivity contribution in [1.29, 1.82) is 0 Å². The Labute approximate surface area is 117 Å². The molecule has 0 aliphatic carbocycles. The van der Waals surface area contributed by atoms with Crippen LogP contribution in [-0.2, 0) is 0 Å². The van der Waals surface area contributed by atoms with E-state index in [-0.39, 0.29) is 35.4 Å². The van der Waals surface area contributed by atoms with Gasteiger partial charge in [0.2, 0.25) is 0 Å². The molecule has 9 heteroatoms. The number of amides is 1. The molecule has 1 aromatic heterocycles. The highest BCUT2D eigenvalue weighted by molar-refractivity contribution is 8.00. The molecule has 0 radical (unpaired) electrons. The molecule has 1 heterocycles. The molecule has 0 saturated carbocycles. The Hall–Kier alpha value is -1.51. The van der Waals surface area contributed by atoms with Gasteiger partial charge in [0, 0.05) is 25.0 Å². The summed E-state index contributed by atoms with van der Waals surface area (Å²) in [6.45, 7) is 1.96. The summed E-state index contributed by atoms with van der Waals surface area (Å²) in [5.74, 6) is -1.99. The molecule has 0 atom stereocenters. The van der Waals surface area contributed by atoms with Gasteiger partial charge in [0.15, 0.2) is 11.6 Å². The van der Waals surface area contributed by atoms with Gasteiger partial charge in [-0.15, -0.1) is 0 Å². The zero-order valence-corrected chi connectivity index (χ0v) is 11.4. The molecule has 0 bridgehead atoms. The van der Waals surface area contributed by atoms with Crippen molar-refractivity contribution < 1.29 is 22.4 Å². The Morgan fingerprint density at radius 3 is 2.75 bits per heavy atom. The fourth-order valence-electron chi connectivity index (χ4n) is 1.34. The van der Waals surface area contributed by atoms with Crippen LogP contribution in [0.4, 0.5) is 23.4 Å². The molecular formula is C11H13F4N3OS. The summed E-state index contributed by atoms with van der Waals surface area (Å²) in [4.78, 5) is 15.4. The van der Waals surface area contributed by atoms with Crippen LogP contribution in [0.5, 0.6) is 0 Å². The molecule has 0 spiro atoms. The lowest BCUT2D eigenvalue weighted by Crippen LogP contribution is -2.27. The fourth-order valence-corrected chi connectivity index (χ4v) is 1.77. The number of halogens is 4. The van der Waals surface area contributed by atoms with Crippen molar-refractivity contribution in [2.24, 2.45) is 0 Å². The highest BCUT2D eigenvalue weighted by Crippen LogP contribution is 2.29. The smallest absolute Gasteiger partial charge is 0.368 e. The minimum atomic E-state index is -4.34. The third kappa shape index (κ3) is 5.24. The maximum atomic E-state index is 13.8. The van der Waals surface area contributed by atoms with Crippen LogP contribution < -0.4 is 10.6 Å². The number of rotatable bonds is 6. The zero-order valence-electron chi connectivity index (χ0n) is 10.6. The first kappa shape index (κ1) is 16.5. The summed E-state index contributed by atoms with van der Waals surface area (Å²) in [5, 5.41) is 4.87. The number of aromatic nitrogens is 1. The summed E-state index contributed by atoms with van der Waals surface area (Å²) >= 11 is -0.247. The molecule has 4 nitrogen and oxygen atoms in total. The van der Waals surface area contributed by atoms with E-state index in [1.165, 1.54) is 12.3 Å². The van der Waals surface area contributed by atoms with Crippen molar-refractivity contribution in [2.75, 3.05) is 24.2 Å². The van der Waals surface area contributed by atoms with Crippen LogP contribution >= 0.6 is 11.8 Å². The fraction of sp³-hybridized carbons (Fsp3) is 0.455. The van der Waals surface area contributed by atoms with Crippen molar-refractivity contribution in [3.63, 3.8) is 0 Å². The summed E-state index contributed by atoms with van der Waals surface area (Å²) in [5.41, 5.74) is -4.60. The Morgan fingerprint density at radius 1 is 1.45 bits per heavy atom. The predicted molar refractivity (Wildman–Crippen MR) is 69.2 cm³/mol. The number of anilines is 1. The molecule has 0 saturated heterocycles. The number of alkyl halides is 3. The molecule has 0 aromatic carbocycles. The average Bonchev–Trinajstić information content (AvgIpc) is 2.36. The normalized spacial score (nSPS) is 11.2. The third-order valence-corrected chi connectivity index (χ3v) is 2.87. The minimum absolute atomic E-state index is 0.0650. The highest BCUT2D eigenvalue weighted by atomic mass is 32.2. The molecule has 112 valence electrons. The van der Waals surface area contributed by atoms with Crippen molar-refractivity contribution >= 4 is 23.5 Å². The van der Waals surface area contributed by atoms with Crippen LogP contribution in [0, 0.1) is 5.82 Å². The van der Waals surface area contributed by atoms with Gasteiger partial charge in [0.1, 0.15) is 0 Å². The van der Waals surface area contributed by atoms with Crippen molar-refractivity contribution in [2.45, 2.75) is 12.4 Å². The lowest BCUT2D eigenvalue weighted by molar-refractivity contribution is -0.0327. The van der Waals surface area contributed by atoms with Gasteiger partial charge < -0.3 is 10.6 Å². The monoisotopic (exact) mass is 311 g/mol. The zero-order chi connectivity index (χ0) is 15.2. The largest absolute Gasteiger partial charge is 0.441 e. The van der Waals surface area contributed by atoms with Crippen LogP contribution in [0.25, 0.3) is 0 Å². The lowest BCUT2D eigenvalue weighted by Gasteiger charge is -2.09. The number of nitrogens with zero attached hydrogens (tertiary/aromatic N) is 1. The van der Waals surface area contributed by atoms with Crippen molar-refractivity contribution in [3.05, 3.63) is 23.6 Å². The van der Waals surface area contributed by atoms with Gasteiger partial charge in [-0.1, -0.05) is 0 Å². The van der Waals surface area contributed by atoms with E-state index in [4.69, 9.17) is 0 Å². The summed E-state index contributed by atoms with van der Waals surface area (Å²) < 4.78 is 49.5. The number of nitrogens with one attached hydrogen (secondary N) is 2. The van der Waals surface area contributed by atoms with Crippen molar-refractivity contribution in [3.8, 4) is 0 Å². The molecular weight excluding hydrogens is 298 g/mol. The molecule has 1 amide bonds. The molecule has 2 N–H and O–H groups in total. The molecule has 1 aromatic rings. The van der Waals surface area contributed by atoms with E-state index >= 15 is 0 Å². The van der Waals surface area contributed by atoms with E-state index in [1.54, 1.807) is 6.92 Å². The number of pyridine rings is 1. The van der Waals surface area contributed by atoms with Gasteiger partial charge >= 0.3 is 5.51 Å². The molecule has 20 heavy (non-hydrogen) atoms. The predicted octanol–water partition coefficient (Wildman–Crippen LogP) is 2.64. The van der Waals surface area contributed by atoms with Crippen LogP contribution in [0.3, 0.4) is 0 Å². The van der Waals surface area contributed by atoms with Crippen LogP contribution in [-0.4, -0.2) is 35.2 Å². The maximum absolute atomic E-state index is 13.8. The van der Waals surface area contributed by atoms with E-state index in [0.29, 0.717) is 6.54 Å². The molecule has 0 aliphatic heterocycles. The molecule has 1 rings (SSSR count). The molecule has 0 fully saturated rings. The summed E-state index contributed by atoms with van der Waals surface area (Å²) in [7, 11) is 0. The second-order valence-corrected chi connectivity index (χ2v) is 4.76. The van der Waals surface area contributed by atoms with Gasteiger partial charge in [-0.05, 0) is 24.8 Å². The van der Waals surface area contributed by atoms with Crippen LogP contribution in [0.15, 0.2) is 12.3 Å². The molecule has 0 unspecified atom stereocenters. The number of carbonyl (C=O) groups excluding carboxylic acids is 1. The Balaban J connectivity index is 2.57. The van der Waals surface area contributed by atoms with Crippen molar-refractivity contribution in [1.82, 2.24) is 10.3 Å². The third-order valence-electron chi connectivity index (χ3n) is 2.13. The Kier molecular flexibility index (Phi) is 6.05. The van der Waals surface area contributed by atoms with Crippen LogP contribution in [0.1, 0.15) is 17.3 Å². The SMILES string of the molecule is CCNc1nccc(C(=O)NCCSC(F)(F)F)c1F. The quantitative estimate of drug-likeness (QED) is 0.626. The number of hydrogen-bond donors (Lipinski definition) is 2. The second kappa shape index (κ2) is 7.32. The van der Waals surface area contributed by atoms with Crippen LogP contribution in [0.2, 0.25) is 0 Å². The maximum Gasteiger partial charge on any atom is 0.441 e. The highest BCUT2D eigenvalue weighted by Gasteiger charge is 2.27. The molecule has 0 aliphatic rings. The van der Waals surface area contributed by atoms with Gasteiger partial charge in [-0.25, -0.2) is 9.37 Å². The first-order chi connectivity index (χ1) is 9.35. The van der Waals surface area contributed by atoms with Gasteiger partial charge in [0.25, 0.3) is 5.91 Å². The van der Waals surface area contributed by atoms with Gasteiger partial charge in [-0.3, -0.25) is 4.79 Å². The van der Waals surface area contributed by atoms with E-state index in [0.717, 1.165) is 0 Å². The standard InChI is InChI=1S/C11H13F4N3OS/c1-2-16-9-8(12)7(3-4-17-9)10(19)18-5-6-20-11(13,14)15/h3-4H,2,5-6H2,1H3,(H,16,17)(H,18,19). The summed E-state index contributed by atoms with van der Waals surface area (Å²) in [6.07, 6.45) is 1.25.